The van der Waals surface area contributed by atoms with E-state index in [9.17, 15) is 9.59 Å². The van der Waals surface area contributed by atoms with E-state index >= 15 is 0 Å². The fourth-order valence-electron chi connectivity index (χ4n) is 3.64. The molecule has 184 valence electrons. The average Bonchev–Trinajstić information content (AvgIpc) is 3.07. The molecule has 34 heavy (non-hydrogen) atoms. The lowest BCUT2D eigenvalue weighted by atomic mass is 10.1. The number of fused-ring (bicyclic) bond motifs is 1. The Labute approximate surface area is 218 Å². The van der Waals surface area contributed by atoms with Crippen LogP contribution in [0.15, 0.2) is 18.2 Å². The minimum atomic E-state index is -0.510. The van der Waals surface area contributed by atoms with Crippen molar-refractivity contribution < 1.29 is 43.2 Å². The maximum atomic E-state index is 12.6. The molecule has 2 heterocycles. The SMILES string of the molecule is CCn1c(CNC(=O)c2nc(Cl)c(N)nc2N)[n+](C)c2ccc(CCC(=O)NCCO)cc21.[I-]. The van der Waals surface area contributed by atoms with E-state index in [0.29, 0.717) is 19.4 Å². The van der Waals surface area contributed by atoms with Gasteiger partial charge in [0.25, 0.3) is 11.7 Å². The third-order valence-corrected chi connectivity index (χ3v) is 5.59. The predicted octanol–water partition coefficient (Wildman–Crippen LogP) is -2.93. The van der Waals surface area contributed by atoms with Gasteiger partial charge in [0.05, 0.1) is 20.2 Å². The van der Waals surface area contributed by atoms with Crippen molar-refractivity contribution in [2.75, 3.05) is 24.6 Å². The Kier molecular flexibility index (Phi) is 9.82. The van der Waals surface area contributed by atoms with Gasteiger partial charge in [0.2, 0.25) is 5.91 Å². The number of aryl methyl sites for hydroxylation is 3. The molecule has 0 aliphatic carbocycles. The van der Waals surface area contributed by atoms with Crippen LogP contribution in [0.25, 0.3) is 11.0 Å². The van der Waals surface area contributed by atoms with Crippen LogP contribution in [0.3, 0.4) is 0 Å². The van der Waals surface area contributed by atoms with Crippen LogP contribution >= 0.6 is 11.6 Å². The van der Waals surface area contributed by atoms with Crippen molar-refractivity contribution in [2.24, 2.45) is 7.05 Å². The quantitative estimate of drug-likeness (QED) is 0.129. The van der Waals surface area contributed by atoms with Gasteiger partial charge in [-0.2, -0.15) is 0 Å². The van der Waals surface area contributed by atoms with E-state index in [0.717, 1.165) is 22.4 Å². The molecule has 3 rings (SSSR count). The summed E-state index contributed by atoms with van der Waals surface area (Å²) in [4.78, 5) is 32.3. The number of halogens is 2. The van der Waals surface area contributed by atoms with Gasteiger partial charge < -0.3 is 51.2 Å². The summed E-state index contributed by atoms with van der Waals surface area (Å²) in [7, 11) is 1.92. The highest BCUT2D eigenvalue weighted by atomic mass is 127. The summed E-state index contributed by atoms with van der Waals surface area (Å²) in [6.07, 6.45) is 0.910. The summed E-state index contributed by atoms with van der Waals surface area (Å²) in [6.45, 7) is 3.09. The zero-order chi connectivity index (χ0) is 24.1. The number of nitrogens with one attached hydrogen (secondary N) is 2. The number of nitrogen functional groups attached to an aromatic ring is 2. The largest absolute Gasteiger partial charge is 1.00 e. The number of hydrogen-bond donors (Lipinski definition) is 5. The fraction of sp³-hybridized carbons (Fsp3) is 0.381. The Bertz CT molecular complexity index is 1200. The number of hydrogen-bond acceptors (Lipinski definition) is 7. The molecule has 2 amide bonds. The zero-order valence-corrected chi connectivity index (χ0v) is 21.9. The molecule has 0 radical (unpaired) electrons. The standard InChI is InChI=1S/C21H27ClN8O3.HI/c1-3-30-14-10-12(5-7-15(32)25-8-9-31)4-6-13(14)29(2)16(30)11-26-21(33)17-19(23)28-20(24)18(22)27-17;/h4,6,10,31H,3,5,7-9,11H2,1-2H3,(H5-,23,24,25,26,28,32,33);1H. The van der Waals surface area contributed by atoms with Crippen LogP contribution in [-0.2, 0) is 31.4 Å². The van der Waals surface area contributed by atoms with Crippen LogP contribution in [0.5, 0.6) is 0 Å². The maximum absolute atomic E-state index is 12.6. The molecule has 3 aromatic rings. The number of nitrogens with two attached hydrogens (primary N) is 2. The molecule has 1 aromatic carbocycles. The third kappa shape index (κ3) is 6.04. The van der Waals surface area contributed by atoms with Crippen molar-refractivity contribution in [3.8, 4) is 0 Å². The number of carbonyl (C=O) groups excluding carboxylic acids is 2. The molecule has 0 saturated heterocycles. The molecule has 11 nitrogen and oxygen atoms in total. The molecule has 0 fully saturated rings. The van der Waals surface area contributed by atoms with Gasteiger partial charge in [0, 0.05) is 13.0 Å². The molecule has 0 aliphatic heterocycles. The second kappa shape index (κ2) is 12.1. The molecule has 7 N–H and O–H groups in total. The number of nitrogens with zero attached hydrogens (tertiary/aromatic N) is 4. The van der Waals surface area contributed by atoms with Gasteiger partial charge >= 0.3 is 0 Å². The molecule has 0 atom stereocenters. The lowest BCUT2D eigenvalue weighted by Gasteiger charge is -2.07. The lowest BCUT2D eigenvalue weighted by Crippen LogP contribution is -3.00. The first-order valence-corrected chi connectivity index (χ1v) is 10.9. The normalized spacial score (nSPS) is 10.7. The van der Waals surface area contributed by atoms with E-state index in [1.165, 1.54) is 0 Å². The number of benzene rings is 1. The first-order chi connectivity index (χ1) is 15.8. The van der Waals surface area contributed by atoms with Gasteiger partial charge in [-0.25, -0.2) is 19.1 Å². The summed E-state index contributed by atoms with van der Waals surface area (Å²) < 4.78 is 4.10. The van der Waals surface area contributed by atoms with Crippen molar-refractivity contribution in [3.05, 3.63) is 40.4 Å². The highest BCUT2D eigenvalue weighted by Gasteiger charge is 2.24. The van der Waals surface area contributed by atoms with Crippen LogP contribution in [0.1, 0.15) is 35.2 Å². The van der Waals surface area contributed by atoms with Gasteiger partial charge in [-0.3, -0.25) is 9.59 Å². The van der Waals surface area contributed by atoms with Gasteiger partial charge in [-0.1, -0.05) is 17.7 Å². The molecule has 13 heteroatoms. The predicted molar refractivity (Wildman–Crippen MR) is 124 cm³/mol. The molecular weight excluding hydrogens is 575 g/mol. The van der Waals surface area contributed by atoms with Crippen LogP contribution in [0.2, 0.25) is 5.15 Å². The van der Waals surface area contributed by atoms with Gasteiger partial charge in [0.1, 0.15) is 6.54 Å². The fourth-order valence-corrected chi connectivity index (χ4v) is 3.77. The van der Waals surface area contributed by atoms with Crippen molar-refractivity contribution in [1.82, 2.24) is 25.2 Å². The van der Waals surface area contributed by atoms with E-state index in [1.807, 2.05) is 36.7 Å². The monoisotopic (exact) mass is 602 g/mol. The number of carbonyl (C=O) groups is 2. The Morgan fingerprint density at radius 1 is 1.21 bits per heavy atom. The van der Waals surface area contributed by atoms with Crippen LogP contribution in [0, 0.1) is 0 Å². The zero-order valence-electron chi connectivity index (χ0n) is 18.9. The van der Waals surface area contributed by atoms with Gasteiger partial charge in [-0.15, -0.1) is 0 Å². The van der Waals surface area contributed by atoms with Gasteiger partial charge in [-0.05, 0) is 31.0 Å². The van der Waals surface area contributed by atoms with Crippen LogP contribution in [-0.4, -0.2) is 44.6 Å². The summed E-state index contributed by atoms with van der Waals surface area (Å²) in [5.74, 6) is 0.123. The summed E-state index contributed by atoms with van der Waals surface area (Å²) in [5, 5.41) is 14.2. The van der Waals surface area contributed by atoms with Crippen LogP contribution in [0.4, 0.5) is 11.6 Å². The van der Waals surface area contributed by atoms with Crippen molar-refractivity contribution in [3.63, 3.8) is 0 Å². The molecule has 0 saturated carbocycles. The number of imidazole rings is 1. The Morgan fingerprint density at radius 3 is 2.62 bits per heavy atom. The van der Waals surface area contributed by atoms with Gasteiger partial charge in [0.15, 0.2) is 33.5 Å². The van der Waals surface area contributed by atoms with E-state index in [-0.39, 0.29) is 72.1 Å². The van der Waals surface area contributed by atoms with E-state index in [4.69, 9.17) is 28.2 Å². The Balaban J connectivity index is 0.00000408. The second-order valence-corrected chi connectivity index (χ2v) is 7.79. The smallest absolute Gasteiger partial charge is 0.276 e. The number of aliphatic hydroxyl groups is 1. The number of amides is 2. The number of anilines is 2. The van der Waals surface area contributed by atoms with E-state index in [2.05, 4.69) is 25.2 Å². The summed E-state index contributed by atoms with van der Waals surface area (Å²) >= 11 is 5.88. The summed E-state index contributed by atoms with van der Waals surface area (Å²) in [5.41, 5.74) is 14.3. The number of rotatable bonds is 9. The second-order valence-electron chi connectivity index (χ2n) is 7.43. The Hall–Kier alpha value is -2.71. The number of aromatic nitrogens is 4. The molecular formula is C21H28ClIN8O3. The van der Waals surface area contributed by atoms with Crippen molar-refractivity contribution >= 4 is 46.1 Å². The van der Waals surface area contributed by atoms with Crippen molar-refractivity contribution in [1.29, 1.82) is 0 Å². The van der Waals surface area contributed by atoms with E-state index < -0.39 is 5.91 Å². The van der Waals surface area contributed by atoms with E-state index in [1.54, 1.807) is 0 Å². The lowest BCUT2D eigenvalue weighted by molar-refractivity contribution is -0.654. The number of aliphatic hydroxyl groups excluding tert-OH is 1. The topological polar surface area (TPSA) is 165 Å². The average molecular weight is 603 g/mol. The molecule has 0 aliphatic rings. The molecule has 0 unspecified atom stereocenters. The minimum Gasteiger partial charge on any atom is -1.00 e. The first-order valence-electron chi connectivity index (χ1n) is 10.5. The maximum Gasteiger partial charge on any atom is 0.276 e. The van der Waals surface area contributed by atoms with Crippen molar-refractivity contribution in [2.45, 2.75) is 32.9 Å². The Morgan fingerprint density at radius 2 is 1.94 bits per heavy atom. The molecule has 0 spiro atoms. The minimum absolute atomic E-state index is 0. The molecule has 0 bridgehead atoms. The van der Waals surface area contributed by atoms with Crippen LogP contribution < -0.4 is 50.6 Å². The first kappa shape index (κ1) is 27.5. The third-order valence-electron chi connectivity index (χ3n) is 5.31. The summed E-state index contributed by atoms with van der Waals surface area (Å²) in [6, 6.07) is 6.03. The highest BCUT2D eigenvalue weighted by Crippen LogP contribution is 2.19. The highest BCUT2D eigenvalue weighted by molar-refractivity contribution is 6.31. The molecule has 2 aromatic heterocycles.